The van der Waals surface area contributed by atoms with Gasteiger partial charge in [0.1, 0.15) is 0 Å². The molecule has 56 valence electrons. The van der Waals surface area contributed by atoms with Crippen molar-refractivity contribution < 1.29 is 44.8 Å². The molecule has 0 bridgehead atoms. The summed E-state index contributed by atoms with van der Waals surface area (Å²) in [6.07, 6.45) is 0. The SMILES string of the molecule is FB(F)F.O=S(=O)([O-])Cl.[Li+]. The predicted molar refractivity (Wildman–Crippen MR) is 24.6 cm³/mol. The predicted octanol–water partition coefficient (Wildman–Crippen LogP) is -2.43. The van der Waals surface area contributed by atoms with Crippen LogP contribution in [0.1, 0.15) is 0 Å². The van der Waals surface area contributed by atoms with Gasteiger partial charge in [-0.05, 0) is 0 Å². The average molecular weight is 190 g/mol. The van der Waals surface area contributed by atoms with Crippen molar-refractivity contribution in [3.8, 4) is 0 Å². The monoisotopic (exact) mass is 190 g/mol. The summed E-state index contributed by atoms with van der Waals surface area (Å²) in [5.41, 5.74) is 0. The summed E-state index contributed by atoms with van der Waals surface area (Å²) in [7, 11) is -4.16. The van der Waals surface area contributed by atoms with Gasteiger partial charge in [-0.25, -0.2) is 8.42 Å². The summed E-state index contributed by atoms with van der Waals surface area (Å²) in [4.78, 5) is 0. The van der Waals surface area contributed by atoms with E-state index in [0.29, 0.717) is 0 Å². The van der Waals surface area contributed by atoms with Gasteiger partial charge in [-0.2, -0.15) is 0 Å². The van der Waals surface area contributed by atoms with Gasteiger partial charge in [0, 0.05) is 10.7 Å². The molecule has 3 nitrogen and oxygen atoms in total. The van der Waals surface area contributed by atoms with E-state index in [4.69, 9.17) is 13.0 Å². The van der Waals surface area contributed by atoms with Crippen LogP contribution in [0.3, 0.4) is 0 Å². The summed E-state index contributed by atoms with van der Waals surface area (Å²) in [5.74, 6) is 0. The topological polar surface area (TPSA) is 57.2 Å². The molecule has 0 fully saturated rings. The van der Waals surface area contributed by atoms with Crippen LogP contribution in [0.5, 0.6) is 0 Å². The van der Waals surface area contributed by atoms with Gasteiger partial charge in [0.05, 0.1) is 0 Å². The fourth-order valence-corrected chi connectivity index (χ4v) is 0. The van der Waals surface area contributed by atoms with Crippen LogP contribution in [0.4, 0.5) is 12.9 Å². The van der Waals surface area contributed by atoms with Crippen molar-refractivity contribution in [1.82, 2.24) is 0 Å². The Hall–Kier alpha value is 0.652. The number of hydrogen-bond donors (Lipinski definition) is 0. The van der Waals surface area contributed by atoms with Crippen molar-refractivity contribution in [2.24, 2.45) is 0 Å². The molecule has 0 heterocycles. The first-order chi connectivity index (χ1) is 3.73. The molecule has 0 atom stereocenters. The molecule has 0 aromatic rings. The third-order valence-corrected chi connectivity index (χ3v) is 0. The average Bonchev–Trinajstić information content (AvgIpc) is 1.19. The maximum absolute atomic E-state index is 9.67. The molecule has 0 N–H and O–H groups in total. The van der Waals surface area contributed by atoms with Gasteiger partial charge >= 0.3 is 26.4 Å². The van der Waals surface area contributed by atoms with Crippen LogP contribution < -0.4 is 18.9 Å². The summed E-state index contributed by atoms with van der Waals surface area (Å²) >= 11 is 0. The molecule has 0 spiro atoms. The van der Waals surface area contributed by atoms with Crippen LogP contribution in [0, 0.1) is 0 Å². The molecule has 0 rings (SSSR count). The third-order valence-electron chi connectivity index (χ3n) is 0. The van der Waals surface area contributed by atoms with Crippen molar-refractivity contribution in [2.75, 3.05) is 0 Å². The van der Waals surface area contributed by atoms with Gasteiger partial charge in [-0.1, -0.05) is 0 Å². The minimum Gasteiger partial charge on any atom is -0.735 e. The van der Waals surface area contributed by atoms with Crippen molar-refractivity contribution in [2.45, 2.75) is 0 Å². The Labute approximate surface area is 72.6 Å². The second-order valence-corrected chi connectivity index (χ2v) is 2.56. The fraction of sp³-hybridized carbons (Fsp3) is 0. The minimum absolute atomic E-state index is 0. The standard InChI is InChI=1S/BF3.ClHO3S.Li/c2-1(3)4;1-5(2,3)4;/h;(H,2,3,4);/q;;+1/p-1. The van der Waals surface area contributed by atoms with Crippen LogP contribution in [0.25, 0.3) is 0 Å². The Bertz CT molecular complexity index is 135. The van der Waals surface area contributed by atoms with E-state index in [0.717, 1.165) is 0 Å². The Morgan fingerprint density at radius 3 is 1.30 bits per heavy atom. The number of rotatable bonds is 0. The Balaban J connectivity index is -0.0000000910. The molecule has 0 saturated heterocycles. The number of halogens is 4. The zero-order valence-corrected chi connectivity index (χ0v) is 6.29. The molecule has 0 aliphatic heterocycles. The van der Waals surface area contributed by atoms with Crippen molar-refractivity contribution in [3.05, 3.63) is 0 Å². The summed E-state index contributed by atoms with van der Waals surface area (Å²) < 4.78 is 55.5. The van der Waals surface area contributed by atoms with Gasteiger partial charge in [-0.3, -0.25) is 12.9 Å². The van der Waals surface area contributed by atoms with E-state index in [1.165, 1.54) is 0 Å². The van der Waals surface area contributed by atoms with Crippen LogP contribution in [0.15, 0.2) is 0 Å². The van der Waals surface area contributed by atoms with E-state index in [9.17, 15) is 12.9 Å². The van der Waals surface area contributed by atoms with Crippen molar-refractivity contribution in [3.63, 3.8) is 0 Å². The Morgan fingerprint density at radius 2 is 1.30 bits per heavy atom. The van der Waals surface area contributed by atoms with E-state index >= 15 is 0 Å². The molecule has 0 aromatic carbocycles. The zero-order valence-electron chi connectivity index (χ0n) is 4.72. The first-order valence-electron chi connectivity index (χ1n) is 1.31. The summed E-state index contributed by atoms with van der Waals surface area (Å²) in [6.45, 7) is 0. The second kappa shape index (κ2) is 7.76. The van der Waals surface area contributed by atoms with Crippen molar-refractivity contribution in [1.29, 1.82) is 0 Å². The van der Waals surface area contributed by atoms with Gasteiger partial charge in [0.2, 0.25) is 0 Å². The van der Waals surface area contributed by atoms with Crippen molar-refractivity contribution >= 4 is 27.6 Å². The third kappa shape index (κ3) is 1190. The smallest absolute Gasteiger partial charge is 0.735 e. The van der Waals surface area contributed by atoms with E-state index in [-0.39, 0.29) is 18.9 Å². The molecule has 0 amide bonds. The zero-order chi connectivity index (χ0) is 8.08. The van der Waals surface area contributed by atoms with Gasteiger partial charge < -0.3 is 4.55 Å². The minimum atomic E-state index is -4.44. The van der Waals surface area contributed by atoms with Gasteiger partial charge in [0.15, 0.2) is 9.33 Å². The molecule has 0 radical (unpaired) electrons. The van der Waals surface area contributed by atoms with E-state index in [2.05, 4.69) is 10.7 Å². The first kappa shape index (κ1) is 16.9. The summed E-state index contributed by atoms with van der Waals surface area (Å²) in [6, 6.07) is 0. The van der Waals surface area contributed by atoms with Gasteiger partial charge in [-0.15, -0.1) is 0 Å². The van der Waals surface area contributed by atoms with Gasteiger partial charge in [0.25, 0.3) is 0 Å². The summed E-state index contributed by atoms with van der Waals surface area (Å²) in [5, 5.41) is 0. The van der Waals surface area contributed by atoms with Crippen LogP contribution in [0.2, 0.25) is 0 Å². The molecule has 0 aromatic heterocycles. The normalized spacial score (nSPS) is 8.50. The van der Waals surface area contributed by atoms with Crippen LogP contribution >= 0.6 is 10.7 Å². The Morgan fingerprint density at radius 1 is 1.30 bits per heavy atom. The maximum Gasteiger partial charge on any atom is 1.00 e. The first-order valence-corrected chi connectivity index (χ1v) is 3.54. The van der Waals surface area contributed by atoms with E-state index in [1.54, 1.807) is 0 Å². The molecular weight excluding hydrogens is 190 g/mol. The van der Waals surface area contributed by atoms with Crippen LogP contribution in [-0.2, 0) is 9.33 Å². The largest absolute Gasteiger partial charge is 1.00 e. The van der Waals surface area contributed by atoms with E-state index < -0.39 is 16.9 Å². The van der Waals surface area contributed by atoms with E-state index in [1.807, 2.05) is 0 Å². The Kier molecular flexibility index (Phi) is 13.1. The molecule has 10 heteroatoms. The maximum atomic E-state index is 9.67. The number of hydrogen-bond acceptors (Lipinski definition) is 3. The molecule has 0 aliphatic carbocycles. The van der Waals surface area contributed by atoms with Crippen LogP contribution in [-0.4, -0.2) is 20.5 Å². The quantitative estimate of drug-likeness (QED) is 0.242. The molecule has 10 heavy (non-hydrogen) atoms. The fourth-order valence-electron chi connectivity index (χ4n) is 0. The second-order valence-electron chi connectivity index (χ2n) is 0.641. The molecule has 0 unspecified atom stereocenters. The molecule has 0 saturated carbocycles. The molecule has 0 aliphatic rings. The molecular formula is BClF3LiO3S.